The van der Waals surface area contributed by atoms with Crippen molar-refractivity contribution in [3.05, 3.63) is 64.1 Å². The summed E-state index contributed by atoms with van der Waals surface area (Å²) in [5.74, 6) is 2.96. The van der Waals surface area contributed by atoms with Crippen molar-refractivity contribution in [2.75, 3.05) is 13.2 Å². The van der Waals surface area contributed by atoms with Crippen molar-refractivity contribution in [2.24, 2.45) is 0 Å². The Kier molecular flexibility index (Phi) is 6.18. The van der Waals surface area contributed by atoms with Gasteiger partial charge in [-0.2, -0.15) is 0 Å². The minimum absolute atomic E-state index is 0.0339. The van der Waals surface area contributed by atoms with Gasteiger partial charge in [-0.1, -0.05) is 19.8 Å². The minimum atomic E-state index is -0.0906. The maximum absolute atomic E-state index is 13.2. The molecule has 0 saturated heterocycles. The van der Waals surface area contributed by atoms with Crippen LogP contribution in [-0.2, 0) is 13.1 Å². The molecule has 1 atom stereocenters. The van der Waals surface area contributed by atoms with Crippen molar-refractivity contribution in [2.45, 2.75) is 64.2 Å². The third-order valence-corrected chi connectivity index (χ3v) is 7.26. The average molecular weight is 491 g/mol. The van der Waals surface area contributed by atoms with E-state index < -0.39 is 0 Å². The summed E-state index contributed by atoms with van der Waals surface area (Å²) in [7, 11) is 0. The fourth-order valence-corrected chi connectivity index (χ4v) is 5.51. The Hall–Kier alpha value is -3.66. The number of ether oxygens (including phenoxy) is 2. The number of aromatic amines is 1. The zero-order valence-corrected chi connectivity index (χ0v) is 20.4. The highest BCUT2D eigenvalue weighted by atomic mass is 16.6. The van der Waals surface area contributed by atoms with Crippen LogP contribution in [0.15, 0.2) is 45.8 Å². The Balaban J connectivity index is 1.35. The average Bonchev–Trinajstić information content (AvgIpc) is 3.67. The highest BCUT2D eigenvalue weighted by Crippen LogP contribution is 2.36. The molecule has 1 saturated carbocycles. The van der Waals surface area contributed by atoms with Gasteiger partial charge in [0.25, 0.3) is 5.56 Å². The van der Waals surface area contributed by atoms with Gasteiger partial charge in [-0.05, 0) is 54.0 Å². The number of hydrogen-bond donors (Lipinski definition) is 1. The second-order valence-electron chi connectivity index (χ2n) is 9.52. The van der Waals surface area contributed by atoms with Gasteiger partial charge in [0.15, 0.2) is 17.3 Å². The maximum atomic E-state index is 13.2. The van der Waals surface area contributed by atoms with Crippen LogP contribution in [0.5, 0.6) is 11.5 Å². The van der Waals surface area contributed by atoms with E-state index in [1.165, 1.54) is 12.8 Å². The van der Waals surface area contributed by atoms with Crippen LogP contribution in [0.25, 0.3) is 10.9 Å². The molecule has 1 N–H and O–H groups in total. The summed E-state index contributed by atoms with van der Waals surface area (Å²) in [5, 5.41) is 13.6. The second-order valence-corrected chi connectivity index (χ2v) is 9.52. The fourth-order valence-electron chi connectivity index (χ4n) is 5.51. The third-order valence-electron chi connectivity index (χ3n) is 7.26. The molecule has 3 aromatic heterocycles. The highest BCUT2D eigenvalue weighted by Gasteiger charge is 2.33. The number of furan rings is 1. The van der Waals surface area contributed by atoms with E-state index in [0.29, 0.717) is 43.8 Å². The molecule has 0 spiro atoms. The van der Waals surface area contributed by atoms with Gasteiger partial charge in [-0.25, -0.2) is 4.68 Å². The molecule has 188 valence electrons. The van der Waals surface area contributed by atoms with Gasteiger partial charge in [0.2, 0.25) is 0 Å². The van der Waals surface area contributed by atoms with Gasteiger partial charge in [0, 0.05) is 29.6 Å². The summed E-state index contributed by atoms with van der Waals surface area (Å²) in [6.45, 7) is 4.15. The maximum Gasteiger partial charge on any atom is 0.252 e. The number of H-pyrrole nitrogens is 1. The second kappa shape index (κ2) is 9.77. The Labute approximate surface area is 208 Å². The molecule has 6 rings (SSSR count). The molecule has 0 radical (unpaired) electrons. The lowest BCUT2D eigenvalue weighted by molar-refractivity contribution is 0.112. The highest BCUT2D eigenvalue weighted by molar-refractivity contribution is 5.83. The van der Waals surface area contributed by atoms with E-state index >= 15 is 0 Å². The molecule has 4 aromatic rings. The first-order valence-corrected chi connectivity index (χ1v) is 12.7. The number of benzene rings is 1. The molecule has 10 nitrogen and oxygen atoms in total. The smallest absolute Gasteiger partial charge is 0.252 e. The van der Waals surface area contributed by atoms with E-state index in [1.54, 1.807) is 6.26 Å². The summed E-state index contributed by atoms with van der Waals surface area (Å²) in [6.07, 6.45) is 7.04. The zero-order valence-electron chi connectivity index (χ0n) is 20.4. The molecule has 1 aromatic carbocycles. The number of fused-ring (bicyclic) bond motifs is 2. The largest absolute Gasteiger partial charge is 0.486 e. The number of tetrazole rings is 1. The summed E-state index contributed by atoms with van der Waals surface area (Å²) < 4.78 is 18.8. The molecular formula is C26H30N6O4. The molecular weight excluding hydrogens is 460 g/mol. The summed E-state index contributed by atoms with van der Waals surface area (Å²) in [6, 6.07) is 9.89. The Morgan fingerprint density at radius 3 is 2.72 bits per heavy atom. The predicted molar refractivity (Wildman–Crippen MR) is 132 cm³/mol. The van der Waals surface area contributed by atoms with Crippen molar-refractivity contribution >= 4 is 10.9 Å². The van der Waals surface area contributed by atoms with Gasteiger partial charge in [0.1, 0.15) is 25.5 Å². The Morgan fingerprint density at radius 2 is 1.97 bits per heavy atom. The number of rotatable bonds is 8. The zero-order chi connectivity index (χ0) is 24.5. The molecule has 0 amide bonds. The van der Waals surface area contributed by atoms with Crippen molar-refractivity contribution in [3.63, 3.8) is 0 Å². The van der Waals surface area contributed by atoms with Crippen LogP contribution in [0.2, 0.25) is 0 Å². The van der Waals surface area contributed by atoms with Gasteiger partial charge in [0.05, 0.1) is 17.8 Å². The van der Waals surface area contributed by atoms with Crippen LogP contribution in [0, 0.1) is 0 Å². The van der Waals surface area contributed by atoms with E-state index in [9.17, 15) is 4.79 Å². The number of pyridine rings is 1. The summed E-state index contributed by atoms with van der Waals surface area (Å²) in [5.41, 5.74) is 1.37. The summed E-state index contributed by atoms with van der Waals surface area (Å²) in [4.78, 5) is 18.7. The fraction of sp³-hybridized carbons (Fsp3) is 0.462. The Bertz CT molecular complexity index is 1390. The lowest BCUT2D eigenvalue weighted by Gasteiger charge is -2.35. The van der Waals surface area contributed by atoms with Crippen LogP contribution in [0.4, 0.5) is 0 Å². The van der Waals surface area contributed by atoms with Gasteiger partial charge >= 0.3 is 0 Å². The molecule has 10 heteroatoms. The molecule has 1 fully saturated rings. The quantitative estimate of drug-likeness (QED) is 0.397. The standard InChI is InChI=1S/C26H30N6O4/c1-2-22(25-28-29-30-32(25)16-20-8-5-9-34-20)31(19-6-3-4-7-19)15-18-12-17-13-23-24(36-11-10-35-23)14-21(17)27-26(18)33/h5,8-9,12-14,19,22H,2-4,6-7,10-11,15-16H2,1H3,(H,27,33). The first-order chi connectivity index (χ1) is 17.7. The number of nitrogens with zero attached hydrogens (tertiary/aromatic N) is 5. The van der Waals surface area contributed by atoms with Crippen molar-refractivity contribution in [3.8, 4) is 11.5 Å². The molecule has 36 heavy (non-hydrogen) atoms. The lowest BCUT2D eigenvalue weighted by atomic mass is 10.0. The van der Waals surface area contributed by atoms with E-state index in [1.807, 2.05) is 35.0 Å². The van der Waals surface area contributed by atoms with Crippen LogP contribution in [0.3, 0.4) is 0 Å². The third kappa shape index (κ3) is 4.37. The van der Waals surface area contributed by atoms with Crippen molar-refractivity contribution < 1.29 is 13.9 Å². The van der Waals surface area contributed by atoms with Crippen molar-refractivity contribution in [1.82, 2.24) is 30.1 Å². The Morgan fingerprint density at radius 1 is 1.17 bits per heavy atom. The van der Waals surface area contributed by atoms with E-state index in [-0.39, 0.29) is 11.6 Å². The topological polar surface area (TPSA) is 111 Å². The molecule has 1 aliphatic heterocycles. The van der Waals surface area contributed by atoms with Gasteiger partial charge in [-0.3, -0.25) is 9.69 Å². The normalized spacial score (nSPS) is 16.7. The molecule has 0 bridgehead atoms. The lowest BCUT2D eigenvalue weighted by Crippen LogP contribution is -2.39. The molecule has 4 heterocycles. The number of nitrogens with one attached hydrogen (secondary N) is 1. The van der Waals surface area contributed by atoms with Crippen LogP contribution in [0.1, 0.15) is 62.2 Å². The first kappa shape index (κ1) is 22.8. The molecule has 2 aliphatic rings. The SMILES string of the molecule is CCC(c1nnnn1Cc1ccco1)N(Cc1cc2cc3c(cc2[nH]c1=O)OCCO3)C1CCCC1. The van der Waals surface area contributed by atoms with Crippen LogP contribution < -0.4 is 15.0 Å². The number of aromatic nitrogens is 5. The molecule has 1 unspecified atom stereocenters. The predicted octanol–water partition coefficient (Wildman–Crippen LogP) is 3.82. The monoisotopic (exact) mass is 490 g/mol. The number of hydrogen-bond acceptors (Lipinski definition) is 8. The van der Waals surface area contributed by atoms with Crippen LogP contribution in [-0.4, -0.2) is 49.3 Å². The van der Waals surface area contributed by atoms with Gasteiger partial charge in [-0.15, -0.1) is 5.10 Å². The van der Waals surface area contributed by atoms with Crippen molar-refractivity contribution in [1.29, 1.82) is 0 Å². The first-order valence-electron chi connectivity index (χ1n) is 12.7. The minimum Gasteiger partial charge on any atom is -0.486 e. The van der Waals surface area contributed by atoms with Gasteiger partial charge < -0.3 is 18.9 Å². The summed E-state index contributed by atoms with van der Waals surface area (Å²) >= 11 is 0. The molecule has 1 aliphatic carbocycles. The van der Waals surface area contributed by atoms with E-state index in [2.05, 4.69) is 32.3 Å². The van der Waals surface area contributed by atoms with E-state index in [4.69, 9.17) is 13.9 Å². The van der Waals surface area contributed by atoms with Crippen LogP contribution >= 0.6 is 0 Å². The van der Waals surface area contributed by atoms with E-state index in [0.717, 1.165) is 47.3 Å².